The quantitative estimate of drug-likeness (QED) is 0.0471. The van der Waals surface area contributed by atoms with Gasteiger partial charge in [-0.25, -0.2) is 9.59 Å². The molecule has 0 saturated heterocycles. The van der Waals surface area contributed by atoms with Crippen LogP contribution in [-0.2, 0) is 44.9 Å². The molecule has 16 heteroatoms. The minimum atomic E-state index is -0.482. The minimum absolute atomic E-state index is 0.128. The topological polar surface area (TPSA) is 137 Å². The highest BCUT2D eigenvalue weighted by atomic mass is 127. The Balaban J connectivity index is 5.30. The molecule has 0 aromatic carbocycles. The second-order valence-electron chi connectivity index (χ2n) is 10.3. The zero-order valence-corrected chi connectivity index (χ0v) is 31.1. The highest BCUT2D eigenvalue weighted by Gasteiger charge is 2.17. The van der Waals surface area contributed by atoms with Gasteiger partial charge in [0.1, 0.15) is 0 Å². The molecule has 0 rings (SSSR count). The number of methoxy groups -OCH3 is 2. The van der Waals surface area contributed by atoms with Gasteiger partial charge in [0.05, 0.1) is 39.9 Å². The van der Waals surface area contributed by atoms with Crippen molar-refractivity contribution < 1.29 is 44.9 Å². The fourth-order valence-electron chi connectivity index (χ4n) is 4.31. The summed E-state index contributed by atoms with van der Waals surface area (Å²) in [5, 5.41) is 0. The molecule has 0 atom stereocenters. The molecule has 0 saturated carbocycles. The first-order chi connectivity index (χ1) is 21.2. The van der Waals surface area contributed by atoms with E-state index < -0.39 is 11.9 Å². The van der Waals surface area contributed by atoms with E-state index in [-0.39, 0.29) is 37.6 Å². The number of unbranched alkanes of at least 4 members (excludes halogenated alkanes) is 2. The van der Waals surface area contributed by atoms with Crippen molar-refractivity contribution in [3.8, 4) is 0 Å². The van der Waals surface area contributed by atoms with Crippen molar-refractivity contribution in [2.75, 3.05) is 92.8 Å². The summed E-state index contributed by atoms with van der Waals surface area (Å²) in [6.45, 7) is 12.7. The number of hydrogen-bond acceptors (Lipinski definition) is 14. The monoisotopic (exact) mass is 858 g/mol. The van der Waals surface area contributed by atoms with Crippen LogP contribution in [0.3, 0.4) is 0 Å². The van der Waals surface area contributed by atoms with Crippen LogP contribution >= 0.6 is 46.0 Å². The van der Waals surface area contributed by atoms with Crippen molar-refractivity contribution in [3.63, 3.8) is 0 Å². The Labute approximate surface area is 290 Å². The second kappa shape index (κ2) is 29.5. The van der Waals surface area contributed by atoms with Crippen LogP contribution in [0.15, 0.2) is 0 Å². The molecule has 0 fully saturated rings. The molecule has 0 radical (unpaired) electrons. The summed E-state index contributed by atoms with van der Waals surface area (Å²) < 4.78 is 18.5. The van der Waals surface area contributed by atoms with Gasteiger partial charge in [-0.1, -0.05) is 26.7 Å². The van der Waals surface area contributed by atoms with E-state index in [0.717, 1.165) is 65.0 Å². The van der Waals surface area contributed by atoms with E-state index in [9.17, 15) is 19.2 Å². The number of hydrogen-bond donors (Lipinski definition) is 0. The molecule has 44 heavy (non-hydrogen) atoms. The Hall–Kier alpha value is -0.900. The number of nitrogens with zero attached hydrogens (tertiary/aromatic N) is 4. The van der Waals surface area contributed by atoms with Gasteiger partial charge in [-0.05, 0) is 25.9 Å². The van der Waals surface area contributed by atoms with Crippen LogP contribution in [0.2, 0.25) is 0 Å². The van der Waals surface area contributed by atoms with Crippen molar-refractivity contribution in [3.05, 3.63) is 0 Å². The van der Waals surface area contributed by atoms with Crippen LogP contribution in [0, 0.1) is 0 Å². The van der Waals surface area contributed by atoms with Gasteiger partial charge in [-0.2, -0.15) is 0 Å². The predicted octanol–water partition coefficient (Wildman–Crippen LogP) is 3.35. The number of rotatable bonds is 29. The smallest absolute Gasteiger partial charge is 0.344 e. The van der Waals surface area contributed by atoms with Gasteiger partial charge in [0.15, 0.2) is 46.0 Å². The van der Waals surface area contributed by atoms with Gasteiger partial charge in [-0.3, -0.25) is 19.4 Å². The van der Waals surface area contributed by atoms with Crippen molar-refractivity contribution in [2.45, 2.75) is 65.2 Å². The number of carbonyl (C=O) groups is 4. The molecule has 0 spiro atoms. The molecule has 0 aliphatic rings. The first-order valence-electron chi connectivity index (χ1n) is 15.2. The summed E-state index contributed by atoms with van der Waals surface area (Å²) in [5.74, 6) is -1.52. The van der Waals surface area contributed by atoms with Gasteiger partial charge < -0.3 is 29.1 Å². The van der Waals surface area contributed by atoms with Crippen LogP contribution in [-0.4, -0.2) is 136 Å². The number of halogens is 2. The van der Waals surface area contributed by atoms with Gasteiger partial charge in [0.25, 0.3) is 0 Å². The van der Waals surface area contributed by atoms with E-state index in [1.807, 2.05) is 4.90 Å². The molecule has 0 aromatic rings. The van der Waals surface area contributed by atoms with Gasteiger partial charge in [0, 0.05) is 65.4 Å². The molecule has 0 N–H and O–H groups in total. The van der Waals surface area contributed by atoms with E-state index in [0.29, 0.717) is 39.3 Å². The Morgan fingerprint density at radius 2 is 0.727 bits per heavy atom. The number of carbonyl (C=O) groups excluding carboxylic acids is 4. The third-order valence-electron chi connectivity index (χ3n) is 7.09. The lowest BCUT2D eigenvalue weighted by Crippen LogP contribution is -2.43. The zero-order chi connectivity index (χ0) is 33.0. The normalized spacial score (nSPS) is 11.4. The average molecular weight is 859 g/mol. The fraction of sp³-hybridized carbons (Fsp3) is 0.857. The van der Waals surface area contributed by atoms with Crippen molar-refractivity contribution >= 4 is 69.9 Å². The lowest BCUT2D eigenvalue weighted by molar-refractivity contribution is -0.196. The fourth-order valence-corrected chi connectivity index (χ4v) is 4.71. The Kier molecular flexibility index (Phi) is 28.9. The lowest BCUT2D eigenvalue weighted by Gasteiger charge is -2.31. The lowest BCUT2D eigenvalue weighted by atomic mass is 10.2. The van der Waals surface area contributed by atoms with Crippen LogP contribution in [0.4, 0.5) is 0 Å². The molecular weight excluding hydrogens is 806 g/mol. The molecule has 0 aliphatic carbocycles. The van der Waals surface area contributed by atoms with Gasteiger partial charge in [-0.15, -0.1) is 6.43 Å². The summed E-state index contributed by atoms with van der Waals surface area (Å²) in [4.78, 5) is 65.4. The first-order valence-corrected chi connectivity index (χ1v) is 17.0. The SMILES string of the molecule is CCCCN(CCN(CCC(=O)OC)CCC(=O)OC)CCN(CCCC)CCN(CCC(=O)OOI)CCC(=O)OOI. The van der Waals surface area contributed by atoms with E-state index in [2.05, 4.69) is 44.8 Å². The molecule has 0 aromatic heterocycles. The Bertz CT molecular complexity index is 743. The first kappa shape index (κ1) is 43.1. The maximum atomic E-state index is 11.9. The molecule has 0 bridgehead atoms. The summed E-state index contributed by atoms with van der Waals surface area (Å²) in [7, 11) is 2.75. The second-order valence-corrected chi connectivity index (χ2v) is 11.0. The molecule has 258 valence electrons. The van der Waals surface area contributed by atoms with E-state index in [1.54, 1.807) is 0 Å². The average Bonchev–Trinajstić information content (AvgIpc) is 3.02. The van der Waals surface area contributed by atoms with Crippen molar-refractivity contribution in [1.82, 2.24) is 19.6 Å². The highest BCUT2D eigenvalue weighted by Crippen LogP contribution is 2.05. The summed E-state index contributed by atoms with van der Waals surface area (Å²) in [6, 6.07) is 0. The van der Waals surface area contributed by atoms with Crippen LogP contribution < -0.4 is 0 Å². The van der Waals surface area contributed by atoms with Crippen LogP contribution in [0.25, 0.3) is 0 Å². The van der Waals surface area contributed by atoms with Crippen LogP contribution in [0.1, 0.15) is 65.2 Å². The van der Waals surface area contributed by atoms with Crippen LogP contribution in [0.5, 0.6) is 0 Å². The molecular formula is C28H52I2N4O10. The molecule has 14 nitrogen and oxygen atoms in total. The predicted molar refractivity (Wildman–Crippen MR) is 180 cm³/mol. The van der Waals surface area contributed by atoms with Gasteiger partial charge in [0.2, 0.25) is 0 Å². The standard InChI is InChI=1S/C28H52I2N4O10/c1-5-7-13-31(21-23-33(15-9-25(35)39-3)16-10-26(36)40-4)19-20-32(14-8-6-2)22-24-34(17-11-27(37)41-43-29)18-12-28(38)42-44-30/h5-24H2,1-4H3. The summed E-state index contributed by atoms with van der Waals surface area (Å²) in [5.41, 5.74) is 0. The summed E-state index contributed by atoms with van der Waals surface area (Å²) >= 11 is 2.99. The van der Waals surface area contributed by atoms with Gasteiger partial charge >= 0.3 is 23.9 Å². The molecule has 0 unspecified atom stereocenters. The zero-order valence-electron chi connectivity index (χ0n) is 26.8. The van der Waals surface area contributed by atoms with E-state index in [1.165, 1.54) is 60.2 Å². The largest absolute Gasteiger partial charge is 0.469 e. The van der Waals surface area contributed by atoms with Crippen molar-refractivity contribution in [2.24, 2.45) is 0 Å². The summed E-state index contributed by atoms with van der Waals surface area (Å²) in [6.07, 6.45) is 5.06. The number of esters is 2. The van der Waals surface area contributed by atoms with Crippen molar-refractivity contribution in [1.29, 1.82) is 0 Å². The third-order valence-corrected chi connectivity index (χ3v) is 7.45. The maximum Gasteiger partial charge on any atom is 0.344 e. The molecule has 0 heterocycles. The Morgan fingerprint density at radius 1 is 0.455 bits per heavy atom. The highest BCUT2D eigenvalue weighted by molar-refractivity contribution is 14.1. The molecule has 0 aliphatic heterocycles. The number of ether oxygens (including phenoxy) is 2. The Morgan fingerprint density at radius 3 is 0.977 bits per heavy atom. The van der Waals surface area contributed by atoms with E-state index >= 15 is 0 Å². The third kappa shape index (κ3) is 24.3. The maximum absolute atomic E-state index is 11.9. The molecule has 0 amide bonds. The minimum Gasteiger partial charge on any atom is -0.469 e. The van der Waals surface area contributed by atoms with E-state index in [4.69, 9.17) is 9.47 Å².